The van der Waals surface area contributed by atoms with Crippen LogP contribution >= 0.6 is 22.9 Å². The van der Waals surface area contributed by atoms with E-state index >= 15 is 0 Å². The number of carbonyl (C=O) groups excluding carboxylic acids is 2. The van der Waals surface area contributed by atoms with Crippen LogP contribution < -0.4 is 5.73 Å². The predicted octanol–water partition coefficient (Wildman–Crippen LogP) is 5.74. The number of furan rings is 1. The van der Waals surface area contributed by atoms with Gasteiger partial charge in [-0.2, -0.15) is 0 Å². The van der Waals surface area contributed by atoms with E-state index in [0.717, 1.165) is 44.4 Å². The molecule has 0 spiro atoms. The summed E-state index contributed by atoms with van der Waals surface area (Å²) in [5.41, 5.74) is 11.0. The molecule has 3 aromatic heterocycles. The van der Waals surface area contributed by atoms with Gasteiger partial charge in [-0.05, 0) is 62.7 Å². The minimum absolute atomic E-state index is 0.0541. The van der Waals surface area contributed by atoms with Gasteiger partial charge in [-0.15, -0.1) is 21.5 Å². The summed E-state index contributed by atoms with van der Waals surface area (Å²) in [4.78, 5) is 37.2. The smallest absolute Gasteiger partial charge is 0.289 e. The first-order valence-electron chi connectivity index (χ1n) is 16.0. The molecule has 0 aliphatic carbocycles. The van der Waals surface area contributed by atoms with E-state index in [4.69, 9.17) is 26.7 Å². The first-order chi connectivity index (χ1) is 23.7. The molecule has 0 bridgehead atoms. The average molecular weight is 692 g/mol. The number of benzene rings is 2. The van der Waals surface area contributed by atoms with Crippen LogP contribution in [0.25, 0.3) is 16.3 Å². The molecule has 0 unspecified atom stereocenters. The number of aryl methyl sites for hydroxylation is 2. The zero-order chi connectivity index (χ0) is 34.2. The largest absolute Gasteiger partial charge is 0.451 e. The number of fused-ring (bicyclic) bond motifs is 3. The van der Waals surface area contributed by atoms with Crippen LogP contribution in [0.15, 0.2) is 70.1 Å². The molecule has 0 saturated carbocycles. The lowest BCUT2D eigenvalue weighted by molar-refractivity contribution is -0.133. The van der Waals surface area contributed by atoms with Crippen LogP contribution in [0.5, 0.6) is 0 Å². The number of halogens is 1. The number of hydrogen-bond donors (Lipinski definition) is 1. The molecule has 49 heavy (non-hydrogen) atoms. The zero-order valence-electron chi connectivity index (χ0n) is 27.4. The number of aromatic nitrogens is 3. The van der Waals surface area contributed by atoms with Crippen molar-refractivity contribution in [3.05, 3.63) is 110 Å². The zero-order valence-corrected chi connectivity index (χ0v) is 28.9. The third-order valence-corrected chi connectivity index (χ3v) is 10.4. The van der Waals surface area contributed by atoms with Crippen molar-refractivity contribution >= 4 is 40.5 Å². The molecule has 2 aliphatic rings. The van der Waals surface area contributed by atoms with E-state index in [1.54, 1.807) is 33.3 Å². The van der Waals surface area contributed by atoms with Crippen molar-refractivity contribution in [2.24, 2.45) is 10.7 Å². The van der Waals surface area contributed by atoms with Gasteiger partial charge in [-0.3, -0.25) is 19.1 Å². The molecular weight excluding hydrogens is 658 g/mol. The third-order valence-electron chi connectivity index (χ3n) is 8.97. The van der Waals surface area contributed by atoms with Gasteiger partial charge in [0.05, 0.1) is 18.7 Å². The number of amides is 2. The second-order valence-corrected chi connectivity index (χ2v) is 13.7. The highest BCUT2D eigenvalue weighted by Gasteiger charge is 2.34. The summed E-state index contributed by atoms with van der Waals surface area (Å²) in [6, 6.07) is 18.2. The predicted molar refractivity (Wildman–Crippen MR) is 190 cm³/mol. The minimum Gasteiger partial charge on any atom is -0.451 e. The lowest BCUT2D eigenvalue weighted by Gasteiger charge is -2.34. The molecule has 10 nitrogen and oxygen atoms in total. The first kappa shape index (κ1) is 32.5. The summed E-state index contributed by atoms with van der Waals surface area (Å²) in [5.74, 6) is 7.81. The van der Waals surface area contributed by atoms with Gasteiger partial charge in [0, 0.05) is 58.3 Å². The molecule has 248 valence electrons. The second kappa shape index (κ2) is 13.5. The summed E-state index contributed by atoms with van der Waals surface area (Å²) in [6.07, 6.45) is 0.119. The molecule has 2 amide bonds. The molecule has 5 aromatic rings. The molecular formula is C37H34ClN7O3S. The maximum absolute atomic E-state index is 13.9. The second-order valence-electron chi connectivity index (χ2n) is 12.0. The summed E-state index contributed by atoms with van der Waals surface area (Å²) in [7, 11) is 0. The highest BCUT2D eigenvalue weighted by atomic mass is 35.5. The fourth-order valence-electron chi connectivity index (χ4n) is 6.22. The molecule has 2 aliphatic heterocycles. The van der Waals surface area contributed by atoms with Crippen LogP contribution in [0.2, 0.25) is 5.02 Å². The van der Waals surface area contributed by atoms with Crippen molar-refractivity contribution in [1.29, 1.82) is 0 Å². The Balaban J connectivity index is 1.07. The van der Waals surface area contributed by atoms with Gasteiger partial charge < -0.3 is 20.0 Å². The van der Waals surface area contributed by atoms with Gasteiger partial charge in [-0.1, -0.05) is 47.7 Å². The van der Waals surface area contributed by atoms with E-state index in [-0.39, 0.29) is 24.0 Å². The number of piperazine rings is 1. The van der Waals surface area contributed by atoms with E-state index in [0.29, 0.717) is 49.3 Å². The Hall–Kier alpha value is -5.02. The lowest BCUT2D eigenvalue weighted by atomic mass is 9.99. The highest BCUT2D eigenvalue weighted by Crippen LogP contribution is 2.40. The van der Waals surface area contributed by atoms with Crippen LogP contribution in [-0.2, 0) is 4.79 Å². The van der Waals surface area contributed by atoms with E-state index in [9.17, 15) is 9.59 Å². The number of carbonyl (C=O) groups is 2. The van der Waals surface area contributed by atoms with Crippen molar-refractivity contribution in [3.8, 4) is 28.2 Å². The number of hydrogen-bond acceptors (Lipinski definition) is 8. The molecule has 0 radical (unpaired) electrons. The first-order valence-corrected chi connectivity index (χ1v) is 17.2. The Labute approximate surface area is 293 Å². The number of aliphatic imine (C=N–C) groups is 1. The monoisotopic (exact) mass is 691 g/mol. The maximum Gasteiger partial charge on any atom is 0.289 e. The van der Waals surface area contributed by atoms with Gasteiger partial charge >= 0.3 is 0 Å². The van der Waals surface area contributed by atoms with E-state index in [2.05, 4.69) is 35.9 Å². The maximum atomic E-state index is 13.9. The van der Waals surface area contributed by atoms with Crippen LogP contribution in [0.4, 0.5) is 0 Å². The van der Waals surface area contributed by atoms with Crippen molar-refractivity contribution in [1.82, 2.24) is 24.6 Å². The van der Waals surface area contributed by atoms with Crippen LogP contribution in [-0.4, -0.2) is 74.8 Å². The number of rotatable bonds is 5. The van der Waals surface area contributed by atoms with Crippen molar-refractivity contribution in [2.75, 3.05) is 32.7 Å². The van der Waals surface area contributed by atoms with Gasteiger partial charge in [-0.25, -0.2) is 0 Å². The lowest BCUT2D eigenvalue weighted by Crippen LogP contribution is -2.50. The Morgan fingerprint density at radius 3 is 2.35 bits per heavy atom. The molecule has 5 heterocycles. The summed E-state index contributed by atoms with van der Waals surface area (Å²) in [5, 5.41) is 10.6. The van der Waals surface area contributed by atoms with Gasteiger partial charge in [0.1, 0.15) is 22.6 Å². The van der Waals surface area contributed by atoms with Gasteiger partial charge in [0.15, 0.2) is 11.6 Å². The topological polar surface area (TPSA) is 123 Å². The Kier molecular flexibility index (Phi) is 8.94. The number of nitrogens with two attached hydrogens (primary N) is 1. The molecule has 1 fully saturated rings. The van der Waals surface area contributed by atoms with Crippen LogP contribution in [0.1, 0.15) is 61.8 Å². The average Bonchev–Trinajstić information content (AvgIpc) is 3.81. The summed E-state index contributed by atoms with van der Waals surface area (Å²) in [6.45, 7) is 8.02. The minimum atomic E-state index is -0.554. The quantitative estimate of drug-likeness (QED) is 0.235. The van der Waals surface area contributed by atoms with Gasteiger partial charge in [0.2, 0.25) is 5.91 Å². The van der Waals surface area contributed by atoms with Crippen molar-refractivity contribution in [2.45, 2.75) is 33.2 Å². The van der Waals surface area contributed by atoms with Crippen molar-refractivity contribution < 1.29 is 14.0 Å². The summed E-state index contributed by atoms with van der Waals surface area (Å²) < 4.78 is 8.00. The Morgan fingerprint density at radius 2 is 1.63 bits per heavy atom. The summed E-state index contributed by atoms with van der Waals surface area (Å²) >= 11 is 7.91. The van der Waals surface area contributed by atoms with Crippen LogP contribution in [0.3, 0.4) is 0 Å². The number of thiophene rings is 1. The molecule has 1 atom stereocenters. The Bertz CT molecular complexity index is 2140. The van der Waals surface area contributed by atoms with Crippen LogP contribution in [0, 0.1) is 32.6 Å². The van der Waals surface area contributed by atoms with Crippen molar-refractivity contribution in [3.63, 3.8) is 0 Å². The fourth-order valence-corrected chi connectivity index (χ4v) is 7.56. The van der Waals surface area contributed by atoms with E-state index in [1.165, 1.54) is 4.88 Å². The highest BCUT2D eigenvalue weighted by molar-refractivity contribution is 7.15. The van der Waals surface area contributed by atoms with E-state index in [1.807, 2.05) is 60.0 Å². The third kappa shape index (κ3) is 6.31. The fraction of sp³-hybridized carbons (Fsp3) is 0.270. The Morgan fingerprint density at radius 1 is 0.939 bits per heavy atom. The molecule has 1 saturated heterocycles. The van der Waals surface area contributed by atoms with Gasteiger partial charge in [0.25, 0.3) is 5.91 Å². The molecule has 2 aromatic carbocycles. The SMILES string of the molecule is Cc1sc2c(c1C)C(c1ccc(Cl)cc1)=N[C@@H](CC(=O)N1CCN(C(=O)c3ccc(-c4ccc(C#CCN)cc4)o3)CC1)c1nnc(C)n1-2. The standard InChI is InChI=1S/C37H34ClN7O3S/c1-22-23(2)49-37-33(22)34(27-10-12-28(38)13-11-27)40-29(35-42-41-24(3)45(35)37)21-32(46)43-17-19-44(20-18-43)36(47)31-15-14-30(48-31)26-8-6-25(7-9-26)5-4-16-39/h6-15,29H,16-21,39H2,1-3H3/t29-/m0/s1. The molecule has 2 N–H and O–H groups in total. The van der Waals surface area contributed by atoms with E-state index < -0.39 is 6.04 Å². The molecule has 7 rings (SSSR count). The normalized spacial score (nSPS) is 15.5. The molecule has 12 heteroatoms. The number of nitrogens with zero attached hydrogens (tertiary/aromatic N) is 6.